The predicted molar refractivity (Wildman–Crippen MR) is 62.7 cm³/mol. The third-order valence-electron chi connectivity index (χ3n) is 2.39. The van der Waals surface area contributed by atoms with Crippen LogP contribution in [0.15, 0.2) is 12.4 Å². The first-order valence-electron chi connectivity index (χ1n) is 5.53. The second-order valence-electron chi connectivity index (χ2n) is 3.88. The average Bonchev–Trinajstić information content (AvgIpc) is 2.76. The van der Waals surface area contributed by atoms with E-state index in [1.165, 1.54) is 18.2 Å². The van der Waals surface area contributed by atoms with Gasteiger partial charge in [0.15, 0.2) is 0 Å². The van der Waals surface area contributed by atoms with Crippen molar-refractivity contribution in [3.8, 4) is 0 Å². The summed E-state index contributed by atoms with van der Waals surface area (Å²) in [7, 11) is 3.15. The number of ether oxygens (including phenoxy) is 1. The van der Waals surface area contributed by atoms with Crippen LogP contribution in [0, 0.1) is 0 Å². The SMILES string of the molecule is CCn1cc(C(=O)N(C)CC(O)COC)cn1. The van der Waals surface area contributed by atoms with Crippen molar-refractivity contribution in [3.05, 3.63) is 18.0 Å². The van der Waals surface area contributed by atoms with E-state index in [-0.39, 0.29) is 19.1 Å². The number of aliphatic hydroxyl groups excluding tert-OH is 1. The summed E-state index contributed by atoms with van der Waals surface area (Å²) in [6.07, 6.45) is 2.56. The van der Waals surface area contributed by atoms with Gasteiger partial charge in [0.1, 0.15) is 0 Å². The smallest absolute Gasteiger partial charge is 0.256 e. The van der Waals surface area contributed by atoms with Crippen LogP contribution in [0.4, 0.5) is 0 Å². The van der Waals surface area contributed by atoms with E-state index in [1.807, 2.05) is 6.92 Å². The number of rotatable bonds is 6. The van der Waals surface area contributed by atoms with Gasteiger partial charge in [0.25, 0.3) is 5.91 Å². The molecule has 1 aromatic rings. The number of aliphatic hydroxyl groups is 1. The Bertz CT molecular complexity index is 365. The van der Waals surface area contributed by atoms with Crippen molar-refractivity contribution >= 4 is 5.91 Å². The second-order valence-corrected chi connectivity index (χ2v) is 3.88. The van der Waals surface area contributed by atoms with E-state index in [0.29, 0.717) is 5.56 Å². The molecule has 6 nitrogen and oxygen atoms in total. The zero-order valence-corrected chi connectivity index (χ0v) is 10.5. The first kappa shape index (κ1) is 13.7. The van der Waals surface area contributed by atoms with E-state index >= 15 is 0 Å². The van der Waals surface area contributed by atoms with Crippen molar-refractivity contribution in [1.29, 1.82) is 0 Å². The van der Waals surface area contributed by atoms with Crippen LogP contribution in [0.2, 0.25) is 0 Å². The van der Waals surface area contributed by atoms with Gasteiger partial charge in [-0.05, 0) is 6.92 Å². The van der Waals surface area contributed by atoms with Crippen molar-refractivity contribution in [2.45, 2.75) is 19.6 Å². The Labute approximate surface area is 101 Å². The number of methoxy groups -OCH3 is 1. The van der Waals surface area contributed by atoms with Crippen LogP contribution in [-0.2, 0) is 11.3 Å². The number of aromatic nitrogens is 2. The lowest BCUT2D eigenvalue weighted by Gasteiger charge is -2.19. The van der Waals surface area contributed by atoms with E-state index in [4.69, 9.17) is 4.74 Å². The number of aryl methyl sites for hydroxylation is 1. The van der Waals surface area contributed by atoms with Crippen LogP contribution in [0.5, 0.6) is 0 Å². The maximum absolute atomic E-state index is 11.9. The van der Waals surface area contributed by atoms with Gasteiger partial charge in [0.05, 0.1) is 24.5 Å². The fourth-order valence-corrected chi connectivity index (χ4v) is 1.51. The number of nitrogens with zero attached hydrogens (tertiary/aromatic N) is 3. The van der Waals surface area contributed by atoms with E-state index in [0.717, 1.165) is 6.54 Å². The number of hydrogen-bond acceptors (Lipinski definition) is 4. The lowest BCUT2D eigenvalue weighted by Crippen LogP contribution is -2.36. The molecule has 17 heavy (non-hydrogen) atoms. The summed E-state index contributed by atoms with van der Waals surface area (Å²) in [6, 6.07) is 0. The minimum atomic E-state index is -0.671. The van der Waals surface area contributed by atoms with Crippen molar-refractivity contribution in [2.24, 2.45) is 0 Å². The highest BCUT2D eigenvalue weighted by molar-refractivity contribution is 5.93. The molecule has 1 unspecified atom stereocenters. The minimum absolute atomic E-state index is 0.153. The summed E-state index contributed by atoms with van der Waals surface area (Å²) in [4.78, 5) is 13.4. The quantitative estimate of drug-likeness (QED) is 0.760. The topological polar surface area (TPSA) is 67.6 Å². The lowest BCUT2D eigenvalue weighted by molar-refractivity contribution is 0.0380. The Kier molecular flexibility index (Phi) is 5.11. The maximum Gasteiger partial charge on any atom is 0.256 e. The molecule has 1 aromatic heterocycles. The zero-order valence-electron chi connectivity index (χ0n) is 10.5. The molecule has 1 N–H and O–H groups in total. The fraction of sp³-hybridized carbons (Fsp3) is 0.636. The Morgan fingerprint density at radius 3 is 2.94 bits per heavy atom. The molecule has 0 aromatic carbocycles. The number of likely N-dealkylation sites (N-methyl/N-ethyl adjacent to an activating group) is 1. The van der Waals surface area contributed by atoms with E-state index < -0.39 is 6.10 Å². The Balaban J connectivity index is 2.57. The molecule has 1 atom stereocenters. The molecule has 1 amide bonds. The van der Waals surface area contributed by atoms with Crippen molar-refractivity contribution in [1.82, 2.24) is 14.7 Å². The molecule has 1 rings (SSSR count). The summed E-state index contributed by atoms with van der Waals surface area (Å²) in [5.41, 5.74) is 0.527. The molecule has 0 fully saturated rings. The van der Waals surface area contributed by atoms with Gasteiger partial charge in [-0.2, -0.15) is 5.10 Å². The monoisotopic (exact) mass is 241 g/mol. The lowest BCUT2D eigenvalue weighted by atomic mass is 10.3. The average molecular weight is 241 g/mol. The van der Waals surface area contributed by atoms with E-state index in [2.05, 4.69) is 5.10 Å². The van der Waals surface area contributed by atoms with Gasteiger partial charge < -0.3 is 14.7 Å². The van der Waals surface area contributed by atoms with Crippen LogP contribution in [0.1, 0.15) is 17.3 Å². The first-order valence-corrected chi connectivity index (χ1v) is 5.53. The molecule has 0 radical (unpaired) electrons. The molecule has 0 bridgehead atoms. The van der Waals surface area contributed by atoms with Crippen LogP contribution in [0.25, 0.3) is 0 Å². The number of carbonyl (C=O) groups excluding carboxylic acids is 1. The highest BCUT2D eigenvalue weighted by Crippen LogP contribution is 2.03. The van der Waals surface area contributed by atoms with E-state index in [9.17, 15) is 9.90 Å². The van der Waals surface area contributed by atoms with Crippen LogP contribution in [-0.4, -0.2) is 59.1 Å². The molecular formula is C11H19N3O3. The Morgan fingerprint density at radius 1 is 1.71 bits per heavy atom. The standard InChI is InChI=1S/C11H19N3O3/c1-4-14-6-9(5-12-14)11(16)13(2)7-10(15)8-17-3/h5-6,10,15H,4,7-8H2,1-3H3. The van der Waals surface area contributed by atoms with E-state index in [1.54, 1.807) is 17.9 Å². The third-order valence-corrected chi connectivity index (χ3v) is 2.39. The first-order chi connectivity index (χ1) is 8.08. The van der Waals surface area contributed by atoms with Gasteiger partial charge in [-0.3, -0.25) is 9.48 Å². The molecule has 6 heteroatoms. The molecule has 0 aliphatic rings. The molecule has 0 saturated carbocycles. The van der Waals surface area contributed by atoms with Gasteiger partial charge in [-0.1, -0.05) is 0 Å². The summed E-state index contributed by atoms with van der Waals surface area (Å²) in [6.45, 7) is 3.13. The Hall–Kier alpha value is -1.40. The van der Waals surface area contributed by atoms with Crippen LogP contribution in [0.3, 0.4) is 0 Å². The molecule has 1 heterocycles. The van der Waals surface area contributed by atoms with Crippen molar-refractivity contribution < 1.29 is 14.6 Å². The predicted octanol–water partition coefficient (Wildman–Crippen LogP) is -0.0177. The maximum atomic E-state index is 11.9. The molecular weight excluding hydrogens is 222 g/mol. The van der Waals surface area contributed by atoms with Crippen LogP contribution >= 0.6 is 0 Å². The fourth-order valence-electron chi connectivity index (χ4n) is 1.51. The normalized spacial score (nSPS) is 12.5. The summed E-state index contributed by atoms with van der Waals surface area (Å²) in [5, 5.41) is 13.6. The van der Waals surface area contributed by atoms with Crippen LogP contribution < -0.4 is 0 Å². The highest BCUT2D eigenvalue weighted by atomic mass is 16.5. The van der Waals surface area contributed by atoms with Gasteiger partial charge in [0.2, 0.25) is 0 Å². The van der Waals surface area contributed by atoms with Gasteiger partial charge in [0, 0.05) is 33.4 Å². The largest absolute Gasteiger partial charge is 0.389 e. The third kappa shape index (κ3) is 3.83. The molecule has 0 aliphatic heterocycles. The van der Waals surface area contributed by atoms with Crippen molar-refractivity contribution in [2.75, 3.05) is 27.3 Å². The second kappa shape index (κ2) is 6.36. The Morgan fingerprint density at radius 2 is 2.41 bits per heavy atom. The molecule has 0 spiro atoms. The summed E-state index contributed by atoms with van der Waals surface area (Å²) in [5.74, 6) is -0.153. The number of hydrogen-bond donors (Lipinski definition) is 1. The molecule has 96 valence electrons. The van der Waals surface area contributed by atoms with Crippen molar-refractivity contribution in [3.63, 3.8) is 0 Å². The highest BCUT2D eigenvalue weighted by Gasteiger charge is 2.16. The van der Waals surface area contributed by atoms with Gasteiger partial charge in [-0.15, -0.1) is 0 Å². The number of carbonyl (C=O) groups is 1. The number of amides is 1. The molecule has 0 aliphatic carbocycles. The van der Waals surface area contributed by atoms with Gasteiger partial charge in [-0.25, -0.2) is 0 Å². The molecule has 0 saturated heterocycles. The van der Waals surface area contributed by atoms with Gasteiger partial charge >= 0.3 is 0 Å². The summed E-state index contributed by atoms with van der Waals surface area (Å²) < 4.78 is 6.49. The zero-order chi connectivity index (χ0) is 12.8. The minimum Gasteiger partial charge on any atom is -0.389 e. The summed E-state index contributed by atoms with van der Waals surface area (Å²) >= 11 is 0.